The van der Waals surface area contributed by atoms with Gasteiger partial charge >= 0.3 is 0 Å². The summed E-state index contributed by atoms with van der Waals surface area (Å²) in [7, 11) is 0. The molecule has 0 radical (unpaired) electrons. The number of halogens is 1. The summed E-state index contributed by atoms with van der Waals surface area (Å²) in [6, 6.07) is 25.4. The Morgan fingerprint density at radius 1 is 1.05 bits per heavy atom. The number of carbonyl (C=O) groups excluding carboxylic acids is 1. The van der Waals surface area contributed by atoms with E-state index in [1.165, 1.54) is 6.07 Å². The van der Waals surface area contributed by atoms with Gasteiger partial charge in [0.05, 0.1) is 23.0 Å². The standard InChI is InChI=1S/C31H24FN3O2/c1-20-5-11-26(27(32)14-20)23-15-24(29-18-31(37-35-29)28-4-2-3-13-34-28)17-25(16-23)30(36)12-10-21-6-8-22(19-33)9-7-21/h2-9,11,13-17,31H,10,12,18H2,1H3. The third-order valence-electron chi connectivity index (χ3n) is 6.43. The summed E-state index contributed by atoms with van der Waals surface area (Å²) in [5.74, 6) is -0.398. The summed E-state index contributed by atoms with van der Waals surface area (Å²) in [6.45, 7) is 1.84. The van der Waals surface area contributed by atoms with Crippen LogP contribution in [0.15, 0.2) is 90.2 Å². The smallest absolute Gasteiger partial charge is 0.174 e. The molecule has 37 heavy (non-hydrogen) atoms. The molecule has 0 saturated carbocycles. The second-order valence-electron chi connectivity index (χ2n) is 9.11. The number of benzene rings is 3. The van der Waals surface area contributed by atoms with E-state index in [1.807, 2.05) is 49.4 Å². The van der Waals surface area contributed by atoms with Gasteiger partial charge in [-0.25, -0.2) is 4.39 Å². The predicted molar refractivity (Wildman–Crippen MR) is 140 cm³/mol. The summed E-state index contributed by atoms with van der Waals surface area (Å²) < 4.78 is 14.9. The molecular formula is C31H24FN3O2. The van der Waals surface area contributed by atoms with Gasteiger partial charge in [-0.05, 0) is 78.6 Å². The third-order valence-corrected chi connectivity index (χ3v) is 6.43. The predicted octanol–water partition coefficient (Wildman–Crippen LogP) is 6.75. The number of ketones is 1. The molecule has 0 bridgehead atoms. The van der Waals surface area contributed by atoms with Gasteiger partial charge in [0.2, 0.25) is 0 Å². The number of nitriles is 1. The van der Waals surface area contributed by atoms with Gasteiger partial charge < -0.3 is 4.84 Å². The SMILES string of the molecule is Cc1ccc(-c2cc(C(=O)CCc3ccc(C#N)cc3)cc(C3=NOC(c4ccccn4)C3)c2)c(F)c1. The number of Topliss-reactive ketones (excluding diaryl/α,β-unsaturated/α-hetero) is 1. The lowest BCUT2D eigenvalue weighted by Crippen LogP contribution is -2.07. The molecule has 0 aliphatic carbocycles. The van der Waals surface area contributed by atoms with Crippen LogP contribution in [0.3, 0.4) is 0 Å². The average Bonchev–Trinajstić information content (AvgIpc) is 3.43. The van der Waals surface area contributed by atoms with E-state index in [0.29, 0.717) is 40.8 Å². The van der Waals surface area contributed by atoms with Crippen molar-refractivity contribution in [2.24, 2.45) is 5.16 Å². The number of nitrogens with zero attached hydrogens (tertiary/aromatic N) is 3. The average molecular weight is 490 g/mol. The van der Waals surface area contributed by atoms with Crippen LogP contribution in [-0.2, 0) is 11.3 Å². The molecule has 2 heterocycles. The topological polar surface area (TPSA) is 75.3 Å². The fraction of sp³-hybridized carbons (Fsp3) is 0.161. The van der Waals surface area contributed by atoms with Crippen molar-refractivity contribution in [2.45, 2.75) is 32.3 Å². The maximum Gasteiger partial charge on any atom is 0.174 e. The first kappa shape index (κ1) is 24.1. The number of hydrogen-bond donors (Lipinski definition) is 0. The minimum absolute atomic E-state index is 0.0548. The number of pyridine rings is 1. The van der Waals surface area contributed by atoms with E-state index in [1.54, 1.807) is 36.5 Å². The molecule has 0 N–H and O–H groups in total. The van der Waals surface area contributed by atoms with Crippen LogP contribution in [-0.4, -0.2) is 16.5 Å². The summed E-state index contributed by atoms with van der Waals surface area (Å²) in [4.78, 5) is 23.3. The molecule has 182 valence electrons. The molecule has 0 saturated heterocycles. The zero-order valence-corrected chi connectivity index (χ0v) is 20.3. The molecule has 1 aromatic heterocycles. The van der Waals surface area contributed by atoms with Gasteiger partial charge in [-0.15, -0.1) is 0 Å². The maximum atomic E-state index is 14.9. The van der Waals surface area contributed by atoms with Crippen molar-refractivity contribution in [2.75, 3.05) is 0 Å². The van der Waals surface area contributed by atoms with Crippen molar-refractivity contribution in [1.82, 2.24) is 4.98 Å². The fourth-order valence-corrected chi connectivity index (χ4v) is 4.39. The van der Waals surface area contributed by atoms with Gasteiger partial charge in [-0.1, -0.05) is 35.5 Å². The van der Waals surface area contributed by atoms with Gasteiger partial charge in [0, 0.05) is 35.7 Å². The molecule has 1 aliphatic heterocycles. The molecule has 4 aromatic rings. The summed E-state index contributed by atoms with van der Waals surface area (Å²) >= 11 is 0. The van der Waals surface area contributed by atoms with E-state index in [2.05, 4.69) is 16.2 Å². The highest BCUT2D eigenvalue weighted by Crippen LogP contribution is 2.32. The van der Waals surface area contributed by atoms with Crippen molar-refractivity contribution in [3.63, 3.8) is 0 Å². The minimum atomic E-state index is -0.343. The van der Waals surface area contributed by atoms with Gasteiger partial charge in [0.15, 0.2) is 11.9 Å². The van der Waals surface area contributed by atoms with Gasteiger partial charge in [-0.2, -0.15) is 5.26 Å². The Labute approximate surface area is 214 Å². The van der Waals surface area contributed by atoms with Crippen molar-refractivity contribution >= 4 is 11.5 Å². The first-order chi connectivity index (χ1) is 18.0. The Morgan fingerprint density at radius 2 is 1.86 bits per heavy atom. The number of aromatic nitrogens is 1. The lowest BCUT2D eigenvalue weighted by atomic mass is 9.92. The van der Waals surface area contributed by atoms with Crippen LogP contribution in [0.5, 0.6) is 0 Å². The molecule has 6 heteroatoms. The number of hydrogen-bond acceptors (Lipinski definition) is 5. The van der Waals surface area contributed by atoms with E-state index in [-0.39, 0.29) is 24.1 Å². The van der Waals surface area contributed by atoms with E-state index in [4.69, 9.17) is 10.1 Å². The minimum Gasteiger partial charge on any atom is -0.385 e. The van der Waals surface area contributed by atoms with Crippen LogP contribution in [0.4, 0.5) is 4.39 Å². The first-order valence-corrected chi connectivity index (χ1v) is 12.1. The second-order valence-corrected chi connectivity index (χ2v) is 9.11. The monoisotopic (exact) mass is 489 g/mol. The number of oxime groups is 1. The van der Waals surface area contributed by atoms with E-state index in [0.717, 1.165) is 22.4 Å². The lowest BCUT2D eigenvalue weighted by Gasteiger charge is -2.11. The highest BCUT2D eigenvalue weighted by molar-refractivity contribution is 6.05. The van der Waals surface area contributed by atoms with Crippen molar-refractivity contribution in [3.8, 4) is 17.2 Å². The van der Waals surface area contributed by atoms with Crippen LogP contribution in [0.25, 0.3) is 11.1 Å². The van der Waals surface area contributed by atoms with Crippen LogP contribution in [0.2, 0.25) is 0 Å². The molecule has 3 aromatic carbocycles. The normalized spacial score (nSPS) is 14.5. The largest absolute Gasteiger partial charge is 0.385 e. The Hall–Kier alpha value is -4.63. The molecule has 1 aliphatic rings. The van der Waals surface area contributed by atoms with E-state index in [9.17, 15) is 9.18 Å². The molecule has 1 unspecified atom stereocenters. The Balaban J connectivity index is 1.44. The third kappa shape index (κ3) is 5.46. The van der Waals surface area contributed by atoms with Crippen LogP contribution in [0.1, 0.15) is 57.3 Å². The van der Waals surface area contributed by atoms with Crippen molar-refractivity contribution < 1.29 is 14.0 Å². The van der Waals surface area contributed by atoms with Gasteiger partial charge in [0.1, 0.15) is 5.82 Å². The molecule has 0 amide bonds. The molecule has 5 nitrogen and oxygen atoms in total. The molecule has 0 fully saturated rings. The van der Waals surface area contributed by atoms with Crippen LogP contribution >= 0.6 is 0 Å². The highest BCUT2D eigenvalue weighted by atomic mass is 19.1. The van der Waals surface area contributed by atoms with Crippen LogP contribution < -0.4 is 0 Å². The summed E-state index contributed by atoms with van der Waals surface area (Å²) in [5.41, 5.74) is 6.09. The number of carbonyl (C=O) groups is 1. The zero-order chi connectivity index (χ0) is 25.8. The molecular weight excluding hydrogens is 465 g/mol. The Kier molecular flexibility index (Phi) is 6.87. The van der Waals surface area contributed by atoms with Crippen molar-refractivity contribution in [3.05, 3.63) is 124 Å². The molecule has 5 rings (SSSR count). The number of aryl methyl sites for hydroxylation is 2. The first-order valence-electron chi connectivity index (χ1n) is 12.1. The van der Waals surface area contributed by atoms with Crippen LogP contribution in [0, 0.1) is 24.1 Å². The Morgan fingerprint density at radius 3 is 2.59 bits per heavy atom. The van der Waals surface area contributed by atoms with Crippen molar-refractivity contribution in [1.29, 1.82) is 5.26 Å². The van der Waals surface area contributed by atoms with Gasteiger partial charge in [-0.3, -0.25) is 9.78 Å². The maximum absolute atomic E-state index is 14.9. The van der Waals surface area contributed by atoms with E-state index < -0.39 is 0 Å². The number of rotatable bonds is 7. The Bertz CT molecular complexity index is 1520. The highest BCUT2D eigenvalue weighted by Gasteiger charge is 2.26. The second kappa shape index (κ2) is 10.5. The summed E-state index contributed by atoms with van der Waals surface area (Å²) in [6.07, 6.45) is 2.71. The lowest BCUT2D eigenvalue weighted by molar-refractivity contribution is 0.0826. The fourth-order valence-electron chi connectivity index (χ4n) is 4.39. The molecule has 1 atom stereocenters. The quantitative estimate of drug-likeness (QED) is 0.269. The molecule has 0 spiro atoms. The van der Waals surface area contributed by atoms with E-state index >= 15 is 0 Å². The van der Waals surface area contributed by atoms with Gasteiger partial charge in [0.25, 0.3) is 0 Å². The zero-order valence-electron chi connectivity index (χ0n) is 20.3. The summed E-state index contributed by atoms with van der Waals surface area (Å²) in [5, 5.41) is 13.3.